The van der Waals surface area contributed by atoms with E-state index in [0.29, 0.717) is 30.8 Å². The van der Waals surface area contributed by atoms with Gasteiger partial charge in [-0.1, -0.05) is 0 Å². The van der Waals surface area contributed by atoms with E-state index in [-0.39, 0.29) is 11.7 Å². The number of hydrogen-bond donors (Lipinski definition) is 1. The number of nitrogens with zero attached hydrogens (tertiary/aromatic N) is 1. The van der Waals surface area contributed by atoms with E-state index in [1.54, 1.807) is 23.9 Å². The predicted molar refractivity (Wildman–Crippen MR) is 82.6 cm³/mol. The third-order valence-electron chi connectivity index (χ3n) is 3.76. The van der Waals surface area contributed by atoms with Crippen molar-refractivity contribution in [2.75, 3.05) is 25.1 Å². The molecule has 1 aromatic rings. The van der Waals surface area contributed by atoms with Crippen LogP contribution in [0.5, 0.6) is 0 Å². The first kappa shape index (κ1) is 16.2. The summed E-state index contributed by atoms with van der Waals surface area (Å²) in [7, 11) is -3.30. The van der Waals surface area contributed by atoms with Gasteiger partial charge in [-0.05, 0) is 49.3 Å². The van der Waals surface area contributed by atoms with Gasteiger partial charge in [0.1, 0.15) is 0 Å². The molecule has 21 heavy (non-hydrogen) atoms. The Morgan fingerprint density at radius 1 is 1.29 bits per heavy atom. The standard InChI is InChI=1S/C14H19NO4S2/c1-20-12-2-4-13(5-3-12)21(18,19)10-11-6-8-15(9-7-11)14(16)17/h2-5,11H,6-10H2,1H3,(H,16,17). The lowest BCUT2D eigenvalue weighted by Gasteiger charge is -2.29. The van der Waals surface area contributed by atoms with E-state index >= 15 is 0 Å². The second-order valence-electron chi connectivity index (χ2n) is 5.17. The van der Waals surface area contributed by atoms with Crippen LogP contribution in [0.25, 0.3) is 0 Å². The number of thioether (sulfide) groups is 1. The zero-order valence-electron chi connectivity index (χ0n) is 11.9. The molecule has 1 amide bonds. The van der Waals surface area contributed by atoms with Crippen LogP contribution in [0.4, 0.5) is 4.79 Å². The summed E-state index contributed by atoms with van der Waals surface area (Å²) >= 11 is 1.57. The minimum absolute atomic E-state index is 0.0332. The molecule has 5 nitrogen and oxygen atoms in total. The van der Waals surface area contributed by atoms with Crippen LogP contribution < -0.4 is 0 Å². The van der Waals surface area contributed by atoms with Gasteiger partial charge in [0.2, 0.25) is 0 Å². The van der Waals surface area contributed by atoms with Crippen LogP contribution >= 0.6 is 11.8 Å². The Morgan fingerprint density at radius 2 is 1.86 bits per heavy atom. The Balaban J connectivity index is 1.99. The number of rotatable bonds is 4. The zero-order chi connectivity index (χ0) is 15.5. The summed E-state index contributed by atoms with van der Waals surface area (Å²) in [6.45, 7) is 0.835. The second kappa shape index (κ2) is 6.70. The molecule has 0 bridgehead atoms. The Morgan fingerprint density at radius 3 is 2.33 bits per heavy atom. The van der Waals surface area contributed by atoms with Gasteiger partial charge in [-0.15, -0.1) is 11.8 Å². The molecule has 1 saturated heterocycles. The molecule has 1 fully saturated rings. The smallest absolute Gasteiger partial charge is 0.407 e. The molecule has 7 heteroatoms. The maximum Gasteiger partial charge on any atom is 0.407 e. The second-order valence-corrected chi connectivity index (χ2v) is 8.08. The van der Waals surface area contributed by atoms with E-state index in [2.05, 4.69) is 0 Å². The van der Waals surface area contributed by atoms with Crippen LogP contribution in [0.3, 0.4) is 0 Å². The highest BCUT2D eigenvalue weighted by Crippen LogP contribution is 2.24. The first-order valence-corrected chi connectivity index (χ1v) is 9.65. The van der Waals surface area contributed by atoms with E-state index in [1.807, 2.05) is 18.4 Å². The van der Waals surface area contributed by atoms with Crippen molar-refractivity contribution >= 4 is 27.7 Å². The molecule has 0 radical (unpaired) electrons. The summed E-state index contributed by atoms with van der Waals surface area (Å²) in [5, 5.41) is 8.89. The molecule has 1 aliphatic rings. The Bertz CT molecular complexity index is 590. The SMILES string of the molecule is CSc1ccc(S(=O)(=O)CC2CCN(C(=O)O)CC2)cc1. The largest absolute Gasteiger partial charge is 0.465 e. The maximum absolute atomic E-state index is 12.4. The monoisotopic (exact) mass is 329 g/mol. The highest BCUT2D eigenvalue weighted by Gasteiger charge is 2.27. The highest BCUT2D eigenvalue weighted by molar-refractivity contribution is 7.98. The lowest BCUT2D eigenvalue weighted by molar-refractivity contribution is 0.127. The third kappa shape index (κ3) is 4.14. The van der Waals surface area contributed by atoms with Gasteiger partial charge in [0.05, 0.1) is 10.6 Å². The van der Waals surface area contributed by atoms with Crippen LogP contribution in [-0.2, 0) is 9.84 Å². The van der Waals surface area contributed by atoms with Gasteiger partial charge < -0.3 is 10.0 Å². The van der Waals surface area contributed by atoms with Crippen LogP contribution in [0.1, 0.15) is 12.8 Å². The van der Waals surface area contributed by atoms with Crippen LogP contribution in [0, 0.1) is 5.92 Å². The summed E-state index contributed by atoms with van der Waals surface area (Å²) in [6.07, 6.45) is 2.23. The van der Waals surface area contributed by atoms with Crippen molar-refractivity contribution in [3.8, 4) is 0 Å². The molecule has 116 valence electrons. The molecule has 0 aliphatic carbocycles. The van der Waals surface area contributed by atoms with Crippen LogP contribution in [0.15, 0.2) is 34.1 Å². The number of benzene rings is 1. The molecule has 0 atom stereocenters. The number of sulfone groups is 1. The summed E-state index contributed by atoms with van der Waals surface area (Å²) < 4.78 is 24.8. The minimum Gasteiger partial charge on any atom is -0.465 e. The van der Waals surface area contributed by atoms with E-state index in [4.69, 9.17) is 5.11 Å². The summed E-state index contributed by atoms with van der Waals surface area (Å²) in [5.74, 6) is 0.129. The molecule has 1 heterocycles. The Labute approximate surface area is 129 Å². The Hall–Kier alpha value is -1.21. The fourth-order valence-electron chi connectivity index (χ4n) is 2.48. The van der Waals surface area contributed by atoms with Gasteiger partial charge in [0, 0.05) is 18.0 Å². The number of hydrogen-bond acceptors (Lipinski definition) is 4. The van der Waals surface area contributed by atoms with Gasteiger partial charge in [-0.2, -0.15) is 0 Å². The van der Waals surface area contributed by atoms with E-state index < -0.39 is 15.9 Å². The van der Waals surface area contributed by atoms with Crippen molar-refractivity contribution in [1.82, 2.24) is 4.90 Å². The maximum atomic E-state index is 12.4. The lowest BCUT2D eigenvalue weighted by Crippen LogP contribution is -2.39. The fourth-order valence-corrected chi connectivity index (χ4v) is 4.59. The normalized spacial score (nSPS) is 16.9. The number of carbonyl (C=O) groups is 1. The molecule has 2 rings (SSSR count). The van der Waals surface area contributed by atoms with Gasteiger partial charge in [0.25, 0.3) is 0 Å². The lowest BCUT2D eigenvalue weighted by atomic mass is 9.99. The third-order valence-corrected chi connectivity index (χ3v) is 6.40. The number of amides is 1. The molecule has 0 saturated carbocycles. The van der Waals surface area contributed by atoms with E-state index in [1.165, 1.54) is 4.90 Å². The molecule has 0 spiro atoms. The summed E-state index contributed by atoms with van der Waals surface area (Å²) in [4.78, 5) is 13.6. The quantitative estimate of drug-likeness (QED) is 0.859. The molecule has 1 aromatic carbocycles. The first-order chi connectivity index (χ1) is 9.92. The van der Waals surface area contributed by atoms with E-state index in [9.17, 15) is 13.2 Å². The van der Waals surface area contributed by atoms with Gasteiger partial charge in [-0.25, -0.2) is 13.2 Å². The number of likely N-dealkylation sites (tertiary alicyclic amines) is 1. The molecular weight excluding hydrogens is 310 g/mol. The van der Waals surface area contributed by atoms with Gasteiger partial charge >= 0.3 is 6.09 Å². The zero-order valence-corrected chi connectivity index (χ0v) is 13.5. The molecule has 1 aliphatic heterocycles. The van der Waals surface area contributed by atoms with Crippen LogP contribution in [0.2, 0.25) is 0 Å². The van der Waals surface area contributed by atoms with Crippen molar-refractivity contribution in [3.05, 3.63) is 24.3 Å². The van der Waals surface area contributed by atoms with Crippen molar-refractivity contribution < 1.29 is 18.3 Å². The topological polar surface area (TPSA) is 74.7 Å². The number of carboxylic acid groups (broad SMARTS) is 1. The Kier molecular flexibility index (Phi) is 5.16. The first-order valence-electron chi connectivity index (χ1n) is 6.77. The van der Waals surface area contributed by atoms with Crippen LogP contribution in [-0.4, -0.2) is 49.6 Å². The van der Waals surface area contributed by atoms with Crippen molar-refractivity contribution in [3.63, 3.8) is 0 Å². The molecule has 0 unspecified atom stereocenters. The van der Waals surface area contributed by atoms with Gasteiger partial charge in [0.15, 0.2) is 9.84 Å². The predicted octanol–water partition coefficient (Wildman–Crippen LogP) is 2.57. The van der Waals surface area contributed by atoms with E-state index in [0.717, 1.165) is 4.90 Å². The average Bonchev–Trinajstić information content (AvgIpc) is 2.47. The molecular formula is C14H19NO4S2. The van der Waals surface area contributed by atoms with Gasteiger partial charge in [-0.3, -0.25) is 0 Å². The molecule has 1 N–H and O–H groups in total. The number of piperidine rings is 1. The summed E-state index contributed by atoms with van der Waals surface area (Å²) in [6, 6.07) is 6.91. The summed E-state index contributed by atoms with van der Waals surface area (Å²) in [5.41, 5.74) is 0. The van der Waals surface area contributed by atoms with Crippen molar-refractivity contribution in [1.29, 1.82) is 0 Å². The average molecular weight is 329 g/mol. The highest BCUT2D eigenvalue weighted by atomic mass is 32.2. The minimum atomic E-state index is -3.30. The van der Waals surface area contributed by atoms with Crippen molar-refractivity contribution in [2.45, 2.75) is 22.6 Å². The van der Waals surface area contributed by atoms with Crippen molar-refractivity contribution in [2.24, 2.45) is 5.92 Å². The molecule has 0 aromatic heterocycles. The fraction of sp³-hybridized carbons (Fsp3) is 0.500.